The van der Waals surface area contributed by atoms with Crippen LogP contribution in [0.2, 0.25) is 0 Å². The number of H-pyrrole nitrogens is 1. The predicted molar refractivity (Wildman–Crippen MR) is 67.7 cm³/mol. The van der Waals surface area contributed by atoms with Crippen LogP contribution >= 0.6 is 0 Å². The van der Waals surface area contributed by atoms with Crippen molar-refractivity contribution in [1.82, 2.24) is 10.3 Å². The lowest BCUT2D eigenvalue weighted by molar-refractivity contribution is -0.130. The van der Waals surface area contributed by atoms with E-state index in [1.165, 1.54) is 0 Å². The normalized spacial score (nSPS) is 18.8. The Morgan fingerprint density at radius 3 is 3.16 bits per heavy atom. The van der Waals surface area contributed by atoms with Crippen molar-refractivity contribution in [2.75, 3.05) is 6.61 Å². The van der Waals surface area contributed by atoms with Crippen LogP contribution in [-0.4, -0.2) is 23.6 Å². The number of aromatic nitrogens is 1. The highest BCUT2D eigenvalue weighted by Gasteiger charge is 2.22. The molecule has 1 aliphatic heterocycles. The molecule has 2 N–H and O–H groups in total. The molecule has 0 aliphatic carbocycles. The number of carbonyl (C=O) groups is 1. The smallest absolute Gasteiger partial charge is 0.408 e. The second-order valence-corrected chi connectivity index (χ2v) is 4.56. The van der Waals surface area contributed by atoms with E-state index in [9.17, 15) is 9.59 Å². The van der Waals surface area contributed by atoms with Crippen molar-refractivity contribution in [3.63, 3.8) is 0 Å². The molecule has 1 unspecified atom stereocenters. The monoisotopic (exact) mass is 262 g/mol. The summed E-state index contributed by atoms with van der Waals surface area (Å²) < 4.78 is 10.3. The van der Waals surface area contributed by atoms with Crippen LogP contribution in [0.3, 0.4) is 0 Å². The average Bonchev–Trinajstić information content (AvgIpc) is 3.03. The Morgan fingerprint density at radius 1 is 1.47 bits per heavy atom. The lowest BCUT2D eigenvalue weighted by atomic mass is 10.2. The zero-order chi connectivity index (χ0) is 13.2. The van der Waals surface area contributed by atoms with Crippen molar-refractivity contribution >= 4 is 17.0 Å². The number of hydrogen-bond acceptors (Lipinski definition) is 4. The third kappa shape index (κ3) is 2.53. The van der Waals surface area contributed by atoms with Gasteiger partial charge in [-0.1, -0.05) is 6.07 Å². The van der Waals surface area contributed by atoms with Gasteiger partial charge in [-0.2, -0.15) is 0 Å². The van der Waals surface area contributed by atoms with Gasteiger partial charge < -0.3 is 14.5 Å². The highest BCUT2D eigenvalue weighted by Crippen LogP contribution is 2.14. The topological polar surface area (TPSA) is 84.3 Å². The molecule has 0 radical (unpaired) electrons. The predicted octanol–water partition coefficient (Wildman–Crippen LogP) is 0.916. The maximum Gasteiger partial charge on any atom is 0.417 e. The van der Waals surface area contributed by atoms with Crippen molar-refractivity contribution in [2.24, 2.45) is 0 Å². The number of rotatable bonds is 3. The van der Waals surface area contributed by atoms with Crippen molar-refractivity contribution in [2.45, 2.75) is 25.5 Å². The SMILES string of the molecule is O=C(NCc1ccc2[nH]c(=O)oc2c1)C1CCCO1. The van der Waals surface area contributed by atoms with Gasteiger partial charge in [0.1, 0.15) is 6.10 Å². The number of hydrogen-bond donors (Lipinski definition) is 2. The molecule has 1 aromatic heterocycles. The Labute approximate surface area is 108 Å². The minimum Gasteiger partial charge on any atom is -0.408 e. The summed E-state index contributed by atoms with van der Waals surface area (Å²) in [6, 6.07) is 5.33. The Morgan fingerprint density at radius 2 is 2.37 bits per heavy atom. The average molecular weight is 262 g/mol. The van der Waals surface area contributed by atoms with Crippen LogP contribution in [0.25, 0.3) is 11.1 Å². The molecule has 2 heterocycles. The van der Waals surface area contributed by atoms with Crippen LogP contribution in [0.5, 0.6) is 0 Å². The summed E-state index contributed by atoms with van der Waals surface area (Å²) in [6.07, 6.45) is 1.38. The first-order chi connectivity index (χ1) is 9.22. The molecule has 100 valence electrons. The van der Waals surface area contributed by atoms with Gasteiger partial charge in [-0.05, 0) is 30.5 Å². The zero-order valence-electron chi connectivity index (χ0n) is 10.3. The summed E-state index contributed by atoms with van der Waals surface area (Å²) >= 11 is 0. The Bertz CT molecular complexity index is 652. The Hall–Kier alpha value is -2.08. The van der Waals surface area contributed by atoms with Gasteiger partial charge in [0, 0.05) is 13.2 Å². The minimum atomic E-state index is -0.476. The fourth-order valence-corrected chi connectivity index (χ4v) is 2.19. The molecule has 1 aromatic carbocycles. The summed E-state index contributed by atoms with van der Waals surface area (Å²) in [4.78, 5) is 25.4. The van der Waals surface area contributed by atoms with Crippen LogP contribution in [0, 0.1) is 0 Å². The third-order valence-corrected chi connectivity index (χ3v) is 3.17. The molecule has 6 nitrogen and oxygen atoms in total. The zero-order valence-corrected chi connectivity index (χ0v) is 10.3. The second kappa shape index (κ2) is 4.89. The van der Waals surface area contributed by atoms with Crippen LogP contribution in [0.15, 0.2) is 27.4 Å². The quantitative estimate of drug-likeness (QED) is 0.861. The van der Waals surface area contributed by atoms with Crippen LogP contribution in [0.4, 0.5) is 0 Å². The molecule has 1 aliphatic rings. The van der Waals surface area contributed by atoms with Gasteiger partial charge in [-0.3, -0.25) is 9.78 Å². The molecule has 1 fully saturated rings. The van der Waals surface area contributed by atoms with Gasteiger partial charge in [0.05, 0.1) is 5.52 Å². The molecule has 0 bridgehead atoms. The van der Waals surface area contributed by atoms with E-state index in [0.29, 0.717) is 24.3 Å². The van der Waals surface area contributed by atoms with E-state index in [2.05, 4.69) is 10.3 Å². The standard InChI is InChI=1S/C13H14N2O4/c16-12(10-2-1-5-18-10)14-7-8-3-4-9-11(6-8)19-13(17)15-9/h3-4,6,10H,1-2,5,7H2,(H,14,16)(H,15,17). The summed E-state index contributed by atoms with van der Waals surface area (Å²) in [5, 5.41) is 2.82. The molecule has 1 amide bonds. The molecule has 0 spiro atoms. The molecule has 0 saturated carbocycles. The largest absolute Gasteiger partial charge is 0.417 e. The number of ether oxygens (including phenoxy) is 1. The first-order valence-electron chi connectivity index (χ1n) is 6.23. The molecule has 6 heteroatoms. The van der Waals surface area contributed by atoms with E-state index in [0.717, 1.165) is 18.4 Å². The maximum atomic E-state index is 11.8. The van der Waals surface area contributed by atoms with Crippen LogP contribution in [0.1, 0.15) is 18.4 Å². The molecule has 3 rings (SSSR count). The van der Waals surface area contributed by atoms with Crippen molar-refractivity contribution in [3.8, 4) is 0 Å². The first-order valence-corrected chi connectivity index (χ1v) is 6.23. The fraction of sp³-hybridized carbons (Fsp3) is 0.385. The lowest BCUT2D eigenvalue weighted by Gasteiger charge is -2.10. The number of carbonyl (C=O) groups excluding carboxylic acids is 1. The maximum absolute atomic E-state index is 11.8. The molecule has 2 aromatic rings. The summed E-state index contributed by atoms with van der Waals surface area (Å²) in [5.74, 6) is -0.566. The van der Waals surface area contributed by atoms with Crippen molar-refractivity contribution in [3.05, 3.63) is 34.3 Å². The molecular formula is C13H14N2O4. The fourth-order valence-electron chi connectivity index (χ4n) is 2.19. The van der Waals surface area contributed by atoms with Gasteiger partial charge in [-0.15, -0.1) is 0 Å². The van der Waals surface area contributed by atoms with Gasteiger partial charge >= 0.3 is 5.76 Å². The summed E-state index contributed by atoms with van der Waals surface area (Å²) in [6.45, 7) is 1.04. The van der Waals surface area contributed by atoms with E-state index in [-0.39, 0.29) is 12.0 Å². The van der Waals surface area contributed by atoms with Crippen LogP contribution < -0.4 is 11.1 Å². The van der Waals surface area contributed by atoms with Crippen LogP contribution in [-0.2, 0) is 16.1 Å². The van der Waals surface area contributed by atoms with E-state index < -0.39 is 5.76 Å². The molecule has 1 atom stereocenters. The lowest BCUT2D eigenvalue weighted by Crippen LogP contribution is -2.33. The van der Waals surface area contributed by atoms with Gasteiger partial charge in [0.25, 0.3) is 0 Å². The number of benzene rings is 1. The van der Waals surface area contributed by atoms with Gasteiger partial charge in [-0.25, -0.2) is 4.79 Å². The van der Waals surface area contributed by atoms with Crippen molar-refractivity contribution in [1.29, 1.82) is 0 Å². The molecular weight excluding hydrogens is 248 g/mol. The minimum absolute atomic E-state index is 0.0897. The number of fused-ring (bicyclic) bond motifs is 1. The molecule has 1 saturated heterocycles. The number of amides is 1. The Kier molecular flexibility index (Phi) is 3.08. The van der Waals surface area contributed by atoms with E-state index in [1.54, 1.807) is 12.1 Å². The number of aromatic amines is 1. The third-order valence-electron chi connectivity index (χ3n) is 3.17. The van der Waals surface area contributed by atoms with Crippen molar-refractivity contribution < 1.29 is 13.9 Å². The van der Waals surface area contributed by atoms with E-state index in [4.69, 9.17) is 9.15 Å². The van der Waals surface area contributed by atoms with Gasteiger partial charge in [0.15, 0.2) is 5.58 Å². The van der Waals surface area contributed by atoms with E-state index >= 15 is 0 Å². The van der Waals surface area contributed by atoms with Gasteiger partial charge in [0.2, 0.25) is 5.91 Å². The summed E-state index contributed by atoms with van der Waals surface area (Å²) in [7, 11) is 0. The summed E-state index contributed by atoms with van der Waals surface area (Å²) in [5.41, 5.74) is 2.02. The molecule has 19 heavy (non-hydrogen) atoms. The highest BCUT2D eigenvalue weighted by atomic mass is 16.5. The first kappa shape index (κ1) is 12.0. The number of nitrogens with one attached hydrogen (secondary N) is 2. The highest BCUT2D eigenvalue weighted by molar-refractivity contribution is 5.81. The number of oxazole rings is 1. The Balaban J connectivity index is 1.67. The van der Waals surface area contributed by atoms with E-state index in [1.807, 2.05) is 6.07 Å². The second-order valence-electron chi connectivity index (χ2n) is 4.56.